The zero-order valence-corrected chi connectivity index (χ0v) is 18.3. The van der Waals surface area contributed by atoms with Crippen LogP contribution in [0.3, 0.4) is 0 Å². The lowest BCUT2D eigenvalue weighted by atomic mass is 10.0. The van der Waals surface area contributed by atoms with Crippen molar-refractivity contribution in [1.82, 2.24) is 15.3 Å². The first kappa shape index (κ1) is 21.1. The molecule has 0 bridgehead atoms. The van der Waals surface area contributed by atoms with Crippen LogP contribution in [0.1, 0.15) is 24.0 Å². The van der Waals surface area contributed by atoms with Gasteiger partial charge >= 0.3 is 0 Å². The highest BCUT2D eigenvalue weighted by molar-refractivity contribution is 6.30. The van der Waals surface area contributed by atoms with Crippen molar-refractivity contribution in [3.63, 3.8) is 0 Å². The number of hydrogen-bond donors (Lipinski definition) is 2. The summed E-state index contributed by atoms with van der Waals surface area (Å²) in [6.07, 6.45) is 3.84. The number of aryl methyl sites for hydroxylation is 1. The number of nitrogens with one attached hydrogen (secondary N) is 2. The molecule has 7 heteroatoms. The third-order valence-electron chi connectivity index (χ3n) is 5.36. The van der Waals surface area contributed by atoms with Gasteiger partial charge in [0.15, 0.2) is 0 Å². The quantitative estimate of drug-likeness (QED) is 0.596. The standard InChI is InChI=1S/C24H26ClN5O/c1-17-5-7-20(8-6-17)27-22-9-12-26-24(29-22)30-13-10-21(11-14-30)28-23(31)16-18-3-2-4-19(25)15-18/h2-9,12,15,21H,10-11,13-14,16H2,1H3,(H,28,31)(H,26,27,29). The topological polar surface area (TPSA) is 70.2 Å². The summed E-state index contributed by atoms with van der Waals surface area (Å²) in [5, 5.41) is 7.12. The van der Waals surface area contributed by atoms with Crippen molar-refractivity contribution in [1.29, 1.82) is 0 Å². The Hall–Kier alpha value is -3.12. The Balaban J connectivity index is 1.29. The van der Waals surface area contributed by atoms with Gasteiger partial charge in [-0.05, 0) is 55.7 Å². The van der Waals surface area contributed by atoms with E-state index in [0.29, 0.717) is 17.4 Å². The van der Waals surface area contributed by atoms with Crippen molar-refractivity contribution >= 4 is 35.0 Å². The van der Waals surface area contributed by atoms with E-state index in [2.05, 4.69) is 44.6 Å². The minimum Gasteiger partial charge on any atom is -0.353 e. The van der Waals surface area contributed by atoms with Crippen molar-refractivity contribution in [2.75, 3.05) is 23.3 Å². The zero-order valence-electron chi connectivity index (χ0n) is 17.5. The number of hydrogen-bond acceptors (Lipinski definition) is 5. The molecule has 31 heavy (non-hydrogen) atoms. The molecule has 160 valence electrons. The Morgan fingerprint density at radius 2 is 1.90 bits per heavy atom. The summed E-state index contributed by atoms with van der Waals surface area (Å²) in [4.78, 5) is 23.7. The average Bonchev–Trinajstić information content (AvgIpc) is 2.76. The summed E-state index contributed by atoms with van der Waals surface area (Å²) in [6, 6.07) is 17.7. The van der Waals surface area contributed by atoms with Crippen LogP contribution in [-0.2, 0) is 11.2 Å². The van der Waals surface area contributed by atoms with E-state index in [9.17, 15) is 4.79 Å². The molecule has 0 spiro atoms. The van der Waals surface area contributed by atoms with Gasteiger partial charge in [-0.2, -0.15) is 4.98 Å². The number of aromatic nitrogens is 2. The number of anilines is 3. The highest BCUT2D eigenvalue weighted by Gasteiger charge is 2.22. The van der Waals surface area contributed by atoms with E-state index in [0.717, 1.165) is 43.0 Å². The molecule has 0 saturated carbocycles. The van der Waals surface area contributed by atoms with Gasteiger partial charge < -0.3 is 15.5 Å². The highest BCUT2D eigenvalue weighted by atomic mass is 35.5. The smallest absolute Gasteiger partial charge is 0.227 e. The predicted molar refractivity (Wildman–Crippen MR) is 125 cm³/mol. The molecule has 2 N–H and O–H groups in total. The van der Waals surface area contributed by atoms with Gasteiger partial charge in [-0.1, -0.05) is 41.4 Å². The minimum absolute atomic E-state index is 0.0289. The molecule has 1 aliphatic heterocycles. The van der Waals surface area contributed by atoms with E-state index in [4.69, 9.17) is 11.6 Å². The van der Waals surface area contributed by atoms with Crippen molar-refractivity contribution in [2.45, 2.75) is 32.2 Å². The molecular formula is C24H26ClN5O. The highest BCUT2D eigenvalue weighted by Crippen LogP contribution is 2.20. The third kappa shape index (κ3) is 5.95. The molecule has 1 fully saturated rings. The summed E-state index contributed by atoms with van der Waals surface area (Å²) >= 11 is 6.00. The van der Waals surface area contributed by atoms with Gasteiger partial charge in [-0.3, -0.25) is 4.79 Å². The third-order valence-corrected chi connectivity index (χ3v) is 5.60. The van der Waals surface area contributed by atoms with Gasteiger partial charge in [-0.25, -0.2) is 4.98 Å². The first-order valence-corrected chi connectivity index (χ1v) is 10.9. The van der Waals surface area contributed by atoms with Crippen LogP contribution in [0, 0.1) is 6.92 Å². The monoisotopic (exact) mass is 435 g/mol. The van der Waals surface area contributed by atoms with Crippen LogP contribution in [0.5, 0.6) is 0 Å². The summed E-state index contributed by atoms with van der Waals surface area (Å²) in [5.41, 5.74) is 3.14. The molecule has 1 saturated heterocycles. The van der Waals surface area contributed by atoms with E-state index >= 15 is 0 Å². The first-order chi connectivity index (χ1) is 15.0. The maximum atomic E-state index is 12.4. The molecule has 0 unspecified atom stereocenters. The molecule has 2 heterocycles. The molecule has 4 rings (SSSR count). The largest absolute Gasteiger partial charge is 0.353 e. The van der Waals surface area contributed by atoms with E-state index in [1.54, 1.807) is 6.20 Å². The Kier molecular flexibility index (Phi) is 6.67. The Morgan fingerprint density at radius 3 is 2.65 bits per heavy atom. The number of piperidine rings is 1. The number of benzene rings is 2. The second-order valence-electron chi connectivity index (χ2n) is 7.87. The van der Waals surface area contributed by atoms with Crippen molar-refractivity contribution in [3.05, 3.63) is 76.9 Å². The van der Waals surface area contributed by atoms with Gasteiger partial charge in [0.25, 0.3) is 0 Å². The molecule has 2 aromatic carbocycles. The molecule has 0 atom stereocenters. The molecule has 0 radical (unpaired) electrons. The van der Waals surface area contributed by atoms with Crippen LogP contribution < -0.4 is 15.5 Å². The fraction of sp³-hybridized carbons (Fsp3) is 0.292. The SMILES string of the molecule is Cc1ccc(Nc2ccnc(N3CCC(NC(=O)Cc4cccc(Cl)c4)CC3)n2)cc1. The van der Waals surface area contributed by atoms with Gasteiger partial charge in [0.05, 0.1) is 6.42 Å². The summed E-state index contributed by atoms with van der Waals surface area (Å²) in [6.45, 7) is 3.67. The number of halogens is 1. The van der Waals surface area contributed by atoms with Crippen molar-refractivity contribution < 1.29 is 4.79 Å². The fourth-order valence-electron chi connectivity index (χ4n) is 3.69. The lowest BCUT2D eigenvalue weighted by Gasteiger charge is -2.32. The van der Waals surface area contributed by atoms with Gasteiger partial charge in [0, 0.05) is 36.0 Å². The molecular weight excluding hydrogens is 410 g/mol. The maximum absolute atomic E-state index is 12.4. The first-order valence-electron chi connectivity index (χ1n) is 10.5. The van der Waals surface area contributed by atoms with E-state index in [1.165, 1.54) is 5.56 Å². The van der Waals surface area contributed by atoms with Gasteiger partial charge in [0.1, 0.15) is 5.82 Å². The molecule has 1 aliphatic rings. The van der Waals surface area contributed by atoms with Gasteiger partial charge in [-0.15, -0.1) is 0 Å². The second kappa shape index (κ2) is 9.79. The Bertz CT molecular complexity index is 1030. The van der Waals surface area contributed by atoms with Crippen LogP contribution in [0.15, 0.2) is 60.8 Å². The summed E-state index contributed by atoms with van der Waals surface area (Å²) in [7, 11) is 0. The number of nitrogens with zero attached hydrogens (tertiary/aromatic N) is 3. The van der Waals surface area contributed by atoms with Gasteiger partial charge in [0.2, 0.25) is 11.9 Å². The van der Waals surface area contributed by atoms with Crippen molar-refractivity contribution in [3.8, 4) is 0 Å². The predicted octanol–water partition coefficient (Wildman–Crippen LogP) is 4.51. The van der Waals surface area contributed by atoms with Crippen molar-refractivity contribution in [2.24, 2.45) is 0 Å². The lowest BCUT2D eigenvalue weighted by molar-refractivity contribution is -0.121. The molecule has 0 aliphatic carbocycles. The minimum atomic E-state index is 0.0289. The Labute approximate surface area is 187 Å². The van der Waals surface area contributed by atoms with E-state index in [1.807, 2.05) is 42.5 Å². The zero-order chi connectivity index (χ0) is 21.6. The van der Waals surface area contributed by atoms with Crippen LogP contribution in [0.2, 0.25) is 5.02 Å². The number of carbonyl (C=O) groups excluding carboxylic acids is 1. The normalized spacial score (nSPS) is 14.3. The molecule has 1 amide bonds. The molecule has 3 aromatic rings. The van der Waals surface area contributed by atoms with Crippen LogP contribution in [-0.4, -0.2) is 35.0 Å². The number of rotatable bonds is 6. The average molecular weight is 436 g/mol. The lowest BCUT2D eigenvalue weighted by Crippen LogP contribution is -2.45. The maximum Gasteiger partial charge on any atom is 0.227 e. The van der Waals surface area contributed by atoms with E-state index < -0.39 is 0 Å². The molecule has 1 aromatic heterocycles. The van der Waals surface area contributed by atoms with Crippen LogP contribution >= 0.6 is 11.6 Å². The second-order valence-corrected chi connectivity index (χ2v) is 8.30. The number of amides is 1. The van der Waals surface area contributed by atoms with Crippen LogP contribution in [0.4, 0.5) is 17.5 Å². The summed E-state index contributed by atoms with van der Waals surface area (Å²) in [5.74, 6) is 1.51. The number of carbonyl (C=O) groups is 1. The van der Waals surface area contributed by atoms with E-state index in [-0.39, 0.29) is 11.9 Å². The van der Waals surface area contributed by atoms with Crippen LogP contribution in [0.25, 0.3) is 0 Å². The summed E-state index contributed by atoms with van der Waals surface area (Å²) < 4.78 is 0. The fourth-order valence-corrected chi connectivity index (χ4v) is 3.90. The Morgan fingerprint density at radius 1 is 1.13 bits per heavy atom. The molecule has 6 nitrogen and oxygen atoms in total.